The summed E-state index contributed by atoms with van der Waals surface area (Å²) in [6.07, 6.45) is 12.6. The van der Waals surface area contributed by atoms with Gasteiger partial charge in [0.2, 0.25) is 0 Å². The average Bonchev–Trinajstić information content (AvgIpc) is 3.34. The Morgan fingerprint density at radius 2 is 1.55 bits per heavy atom. The number of fused-ring (bicyclic) bond motifs is 7. The van der Waals surface area contributed by atoms with Crippen LogP contribution in [0.2, 0.25) is 0 Å². The SMILES string of the molecule is CC[C@@H]1CC[C@]2(C(=O)OCc3ccccc3)CC[C@]3(C)[C@H](CC[C@@H]4[C@@]5(C)CC[C@H](OC(C)=O)C(C)(C)[C@@H]5CC[C@]43C)[C@@H]12. The van der Waals surface area contributed by atoms with Gasteiger partial charge in [-0.05, 0) is 116 Å². The molecule has 5 saturated carbocycles. The summed E-state index contributed by atoms with van der Waals surface area (Å²) in [5.74, 6) is 2.81. The number of carbonyl (C=O) groups is 2. The first-order chi connectivity index (χ1) is 19.8. The Kier molecular flexibility index (Phi) is 7.45. The molecule has 1 aromatic rings. The van der Waals surface area contributed by atoms with Crippen molar-refractivity contribution in [3.05, 3.63) is 35.9 Å². The molecular weight excluding hydrogens is 520 g/mol. The highest BCUT2D eigenvalue weighted by molar-refractivity contribution is 5.78. The maximum absolute atomic E-state index is 14.1. The van der Waals surface area contributed by atoms with Crippen molar-refractivity contribution in [2.24, 2.45) is 56.7 Å². The van der Waals surface area contributed by atoms with Crippen molar-refractivity contribution in [1.82, 2.24) is 0 Å². The van der Waals surface area contributed by atoms with Crippen LogP contribution in [0.25, 0.3) is 0 Å². The molecule has 0 unspecified atom stereocenters. The largest absolute Gasteiger partial charge is 0.462 e. The average molecular weight is 577 g/mol. The van der Waals surface area contributed by atoms with Gasteiger partial charge in [0.1, 0.15) is 12.7 Å². The lowest BCUT2D eigenvalue weighted by atomic mass is 9.32. The predicted molar refractivity (Wildman–Crippen MR) is 166 cm³/mol. The van der Waals surface area contributed by atoms with E-state index >= 15 is 0 Å². The van der Waals surface area contributed by atoms with Gasteiger partial charge in [-0.15, -0.1) is 0 Å². The summed E-state index contributed by atoms with van der Waals surface area (Å²) in [6.45, 7) is 17.0. The van der Waals surface area contributed by atoms with Crippen LogP contribution in [0.1, 0.15) is 125 Å². The Morgan fingerprint density at radius 1 is 0.810 bits per heavy atom. The summed E-state index contributed by atoms with van der Waals surface area (Å²) >= 11 is 0. The molecule has 0 saturated heterocycles. The van der Waals surface area contributed by atoms with Crippen molar-refractivity contribution in [3.63, 3.8) is 0 Å². The minimum Gasteiger partial charge on any atom is -0.462 e. The van der Waals surface area contributed by atoms with Crippen LogP contribution in [-0.2, 0) is 25.7 Å². The van der Waals surface area contributed by atoms with E-state index in [1.165, 1.54) is 32.1 Å². The monoisotopic (exact) mass is 576 g/mol. The van der Waals surface area contributed by atoms with Gasteiger partial charge in [-0.1, -0.05) is 78.3 Å². The summed E-state index contributed by atoms with van der Waals surface area (Å²) in [4.78, 5) is 26.1. The number of benzene rings is 1. The van der Waals surface area contributed by atoms with E-state index in [0.29, 0.717) is 36.2 Å². The summed E-state index contributed by atoms with van der Waals surface area (Å²) < 4.78 is 12.1. The molecule has 5 fully saturated rings. The fraction of sp³-hybridized carbons (Fsp3) is 0.789. The minimum atomic E-state index is -0.311. The third kappa shape index (κ3) is 4.19. The second kappa shape index (κ2) is 10.4. The molecule has 0 aliphatic heterocycles. The van der Waals surface area contributed by atoms with Crippen molar-refractivity contribution in [2.45, 2.75) is 132 Å². The van der Waals surface area contributed by atoms with Crippen LogP contribution in [0.4, 0.5) is 0 Å². The third-order valence-electron chi connectivity index (χ3n) is 15.0. The van der Waals surface area contributed by atoms with E-state index in [-0.39, 0.29) is 45.1 Å². The van der Waals surface area contributed by atoms with E-state index in [4.69, 9.17) is 9.47 Å². The Hall–Kier alpha value is -1.84. The number of rotatable bonds is 5. The van der Waals surface area contributed by atoms with E-state index < -0.39 is 0 Å². The van der Waals surface area contributed by atoms with Crippen LogP contribution in [0.5, 0.6) is 0 Å². The molecule has 5 aliphatic carbocycles. The molecular formula is C38H56O4. The van der Waals surface area contributed by atoms with Gasteiger partial charge in [0.15, 0.2) is 0 Å². The number of hydrogen-bond donors (Lipinski definition) is 0. The topological polar surface area (TPSA) is 52.6 Å². The molecule has 0 N–H and O–H groups in total. The molecule has 10 atom stereocenters. The quantitative estimate of drug-likeness (QED) is 0.328. The number of hydrogen-bond acceptors (Lipinski definition) is 4. The van der Waals surface area contributed by atoms with E-state index in [2.05, 4.69) is 53.7 Å². The van der Waals surface area contributed by atoms with Crippen molar-refractivity contribution < 1.29 is 19.1 Å². The Bertz CT molecular complexity index is 1190. The molecule has 0 spiro atoms. The fourth-order valence-electron chi connectivity index (χ4n) is 12.8. The third-order valence-corrected chi connectivity index (χ3v) is 15.0. The van der Waals surface area contributed by atoms with Crippen LogP contribution in [-0.4, -0.2) is 18.0 Å². The zero-order valence-electron chi connectivity index (χ0n) is 27.5. The molecule has 0 bridgehead atoms. The molecule has 1 aromatic carbocycles. The van der Waals surface area contributed by atoms with Gasteiger partial charge in [0.05, 0.1) is 5.41 Å². The van der Waals surface area contributed by atoms with Gasteiger partial charge in [0, 0.05) is 12.3 Å². The van der Waals surface area contributed by atoms with Gasteiger partial charge in [-0.2, -0.15) is 0 Å². The highest BCUT2D eigenvalue weighted by atomic mass is 16.5. The molecule has 0 heterocycles. The van der Waals surface area contributed by atoms with E-state index in [1.807, 2.05) is 18.2 Å². The zero-order valence-corrected chi connectivity index (χ0v) is 27.5. The van der Waals surface area contributed by atoms with Crippen LogP contribution in [0, 0.1) is 56.7 Å². The lowest BCUT2D eigenvalue weighted by Crippen LogP contribution is -2.67. The molecule has 6 rings (SSSR count). The molecule has 5 aliphatic rings. The molecule has 4 nitrogen and oxygen atoms in total. The highest BCUT2D eigenvalue weighted by Crippen LogP contribution is 2.77. The van der Waals surface area contributed by atoms with Gasteiger partial charge >= 0.3 is 11.9 Å². The second-order valence-corrected chi connectivity index (χ2v) is 16.6. The Labute approximate surface area is 255 Å². The predicted octanol–water partition coefficient (Wildman–Crippen LogP) is 9.15. The van der Waals surface area contributed by atoms with E-state index in [9.17, 15) is 9.59 Å². The molecule has 0 amide bonds. The summed E-state index contributed by atoms with van der Waals surface area (Å²) in [5, 5.41) is 0. The van der Waals surface area contributed by atoms with Crippen LogP contribution in [0.3, 0.4) is 0 Å². The molecule has 4 heteroatoms. The van der Waals surface area contributed by atoms with Crippen LogP contribution < -0.4 is 0 Å². The van der Waals surface area contributed by atoms with Gasteiger partial charge in [0.25, 0.3) is 0 Å². The van der Waals surface area contributed by atoms with Gasteiger partial charge in [-0.3, -0.25) is 9.59 Å². The highest BCUT2D eigenvalue weighted by Gasteiger charge is 2.72. The van der Waals surface area contributed by atoms with Gasteiger partial charge < -0.3 is 9.47 Å². The summed E-state index contributed by atoms with van der Waals surface area (Å²) in [6, 6.07) is 10.2. The number of esters is 2. The first kappa shape index (κ1) is 30.2. The molecule has 42 heavy (non-hydrogen) atoms. The maximum Gasteiger partial charge on any atom is 0.312 e. The van der Waals surface area contributed by atoms with Crippen molar-refractivity contribution in [1.29, 1.82) is 0 Å². The minimum absolute atomic E-state index is 0.0132. The van der Waals surface area contributed by atoms with Crippen molar-refractivity contribution in [3.8, 4) is 0 Å². The van der Waals surface area contributed by atoms with E-state index in [1.54, 1.807) is 6.92 Å². The maximum atomic E-state index is 14.1. The first-order valence-electron chi connectivity index (χ1n) is 17.2. The van der Waals surface area contributed by atoms with Crippen LogP contribution in [0.15, 0.2) is 30.3 Å². The first-order valence-corrected chi connectivity index (χ1v) is 17.2. The molecule has 0 radical (unpaired) electrons. The number of ether oxygens (including phenoxy) is 2. The van der Waals surface area contributed by atoms with Crippen LogP contribution >= 0.6 is 0 Å². The smallest absolute Gasteiger partial charge is 0.312 e. The standard InChI is InChI=1S/C38H56O4/c1-8-27-16-21-38(33(40)41-24-26-12-10-9-11-13-26)23-22-36(6)28(32(27)38)14-15-30-35(5)19-18-31(42-25(2)39)34(3,4)29(35)17-20-37(30,36)7/h9-13,27-32H,8,14-24H2,1-7H3/t27-,28-,29+,30-,31+,32-,35+,36-,37-,38+/m1/s1. The van der Waals surface area contributed by atoms with E-state index in [0.717, 1.165) is 44.1 Å². The fourth-order valence-corrected chi connectivity index (χ4v) is 12.8. The molecule has 232 valence electrons. The Morgan fingerprint density at radius 3 is 2.24 bits per heavy atom. The summed E-state index contributed by atoms with van der Waals surface area (Å²) in [7, 11) is 0. The van der Waals surface area contributed by atoms with Crippen molar-refractivity contribution in [2.75, 3.05) is 0 Å². The lowest BCUT2D eigenvalue weighted by Gasteiger charge is -2.72. The second-order valence-electron chi connectivity index (χ2n) is 16.6. The normalized spacial score (nSPS) is 45.5. The lowest BCUT2D eigenvalue weighted by molar-refractivity contribution is -0.251. The number of carbonyl (C=O) groups excluding carboxylic acids is 2. The van der Waals surface area contributed by atoms with Gasteiger partial charge in [-0.25, -0.2) is 0 Å². The summed E-state index contributed by atoms with van der Waals surface area (Å²) in [5.41, 5.74) is 1.49. The Balaban J connectivity index is 1.29. The zero-order chi connectivity index (χ0) is 30.1. The molecule has 0 aromatic heterocycles. The van der Waals surface area contributed by atoms with Crippen molar-refractivity contribution >= 4 is 11.9 Å².